The van der Waals surface area contributed by atoms with Gasteiger partial charge >= 0.3 is 0 Å². The molecule has 0 fully saturated rings. The van der Waals surface area contributed by atoms with Gasteiger partial charge in [0.2, 0.25) is 6.79 Å². The van der Waals surface area contributed by atoms with E-state index >= 15 is 0 Å². The van der Waals surface area contributed by atoms with Gasteiger partial charge in [0.1, 0.15) is 12.4 Å². The number of hydrogen-bond donors (Lipinski definition) is 0. The molecule has 1 aliphatic rings. The van der Waals surface area contributed by atoms with Crippen LogP contribution in [0.4, 0.5) is 0 Å². The summed E-state index contributed by atoms with van der Waals surface area (Å²) in [6, 6.07) is 21.7. The molecule has 0 atom stereocenters. The molecule has 0 spiro atoms. The number of ether oxygens (including phenoxy) is 3. The molecule has 0 saturated heterocycles. The first kappa shape index (κ1) is 15.2. The van der Waals surface area contributed by atoms with Gasteiger partial charge in [-0.2, -0.15) is 0 Å². The Bertz CT molecular complexity index is 939. The van der Waals surface area contributed by atoms with E-state index in [-0.39, 0.29) is 6.79 Å². The van der Waals surface area contributed by atoms with Crippen LogP contribution in [0.1, 0.15) is 11.1 Å². The molecular weight excluding hydrogens is 312 g/mol. The van der Waals surface area contributed by atoms with Crippen LogP contribution >= 0.6 is 0 Å². The van der Waals surface area contributed by atoms with E-state index in [2.05, 4.69) is 5.92 Å². The molecule has 1 heterocycles. The maximum Gasteiger partial charge on any atom is 0.231 e. The highest BCUT2D eigenvalue weighted by atomic mass is 16.7. The predicted octanol–water partition coefficient (Wildman–Crippen LogP) is 4.64. The summed E-state index contributed by atoms with van der Waals surface area (Å²) in [6.07, 6.45) is 5.68. The van der Waals surface area contributed by atoms with Crippen LogP contribution < -0.4 is 14.2 Å². The molecule has 1 aliphatic heterocycles. The molecular formula is C22H16O3. The number of fused-ring (bicyclic) bond motifs is 1. The van der Waals surface area contributed by atoms with Crippen molar-refractivity contribution in [2.45, 2.75) is 6.61 Å². The molecule has 25 heavy (non-hydrogen) atoms. The predicted molar refractivity (Wildman–Crippen MR) is 96.7 cm³/mol. The van der Waals surface area contributed by atoms with Gasteiger partial charge in [-0.1, -0.05) is 48.4 Å². The molecule has 0 aliphatic carbocycles. The normalized spacial score (nSPS) is 11.8. The highest BCUT2D eigenvalue weighted by Crippen LogP contribution is 2.39. The Balaban J connectivity index is 1.63. The largest absolute Gasteiger partial charge is 0.489 e. The summed E-state index contributed by atoms with van der Waals surface area (Å²) in [6.45, 7) is 0.746. The van der Waals surface area contributed by atoms with Crippen LogP contribution in [-0.4, -0.2) is 6.79 Å². The fraction of sp³-hybridized carbons (Fsp3) is 0.0909. The quantitative estimate of drug-likeness (QED) is 0.653. The average Bonchev–Trinajstić information content (AvgIpc) is 3.14. The molecule has 0 aromatic heterocycles. The van der Waals surface area contributed by atoms with E-state index in [1.165, 1.54) is 0 Å². The molecule has 4 rings (SSSR count). The summed E-state index contributed by atoms with van der Waals surface area (Å²) in [7, 11) is 0. The van der Waals surface area contributed by atoms with Gasteiger partial charge in [0, 0.05) is 17.2 Å². The summed E-state index contributed by atoms with van der Waals surface area (Å²) in [4.78, 5) is 0. The second-order valence-corrected chi connectivity index (χ2v) is 5.70. The average molecular weight is 328 g/mol. The van der Waals surface area contributed by atoms with Crippen molar-refractivity contribution >= 4 is 0 Å². The number of hydrogen-bond acceptors (Lipinski definition) is 3. The van der Waals surface area contributed by atoms with E-state index in [0.29, 0.717) is 18.1 Å². The first-order valence-corrected chi connectivity index (χ1v) is 8.01. The van der Waals surface area contributed by atoms with Crippen molar-refractivity contribution in [1.29, 1.82) is 0 Å². The second-order valence-electron chi connectivity index (χ2n) is 5.70. The Morgan fingerprint density at radius 1 is 0.920 bits per heavy atom. The standard InChI is InChI=1S/C22H16O3/c1-2-17-12-21-22(25-15-24-21)13-20(17)18-9-6-10-19(11-18)23-14-16-7-4-3-5-8-16/h1,3-13H,14-15H2. The van der Waals surface area contributed by atoms with Crippen LogP contribution in [-0.2, 0) is 6.61 Å². The maximum absolute atomic E-state index is 5.91. The summed E-state index contributed by atoms with van der Waals surface area (Å²) in [5, 5.41) is 0. The van der Waals surface area contributed by atoms with Crippen molar-refractivity contribution in [2.24, 2.45) is 0 Å². The first-order chi connectivity index (χ1) is 12.3. The zero-order chi connectivity index (χ0) is 17.1. The summed E-state index contributed by atoms with van der Waals surface area (Å²) >= 11 is 0. The monoisotopic (exact) mass is 328 g/mol. The zero-order valence-corrected chi connectivity index (χ0v) is 13.6. The highest BCUT2D eigenvalue weighted by molar-refractivity contribution is 5.75. The molecule has 0 amide bonds. The summed E-state index contributed by atoms with van der Waals surface area (Å²) < 4.78 is 16.8. The van der Waals surface area contributed by atoms with Crippen LogP contribution in [0.25, 0.3) is 11.1 Å². The van der Waals surface area contributed by atoms with Gasteiger partial charge in [0.25, 0.3) is 0 Å². The maximum atomic E-state index is 5.91. The van der Waals surface area contributed by atoms with Gasteiger partial charge in [-0.25, -0.2) is 0 Å². The number of rotatable bonds is 4. The number of terminal acetylenes is 1. The second kappa shape index (κ2) is 6.62. The Morgan fingerprint density at radius 3 is 2.52 bits per heavy atom. The van der Waals surface area contributed by atoms with E-state index in [1.54, 1.807) is 0 Å². The van der Waals surface area contributed by atoms with Crippen molar-refractivity contribution in [3.63, 3.8) is 0 Å². The first-order valence-electron chi connectivity index (χ1n) is 8.01. The lowest BCUT2D eigenvalue weighted by Gasteiger charge is -2.10. The Hall–Kier alpha value is -3.38. The minimum atomic E-state index is 0.225. The molecule has 0 unspecified atom stereocenters. The van der Waals surface area contributed by atoms with Gasteiger partial charge in [0.15, 0.2) is 11.5 Å². The van der Waals surface area contributed by atoms with E-state index < -0.39 is 0 Å². The van der Waals surface area contributed by atoms with Gasteiger partial charge in [-0.3, -0.25) is 0 Å². The third kappa shape index (κ3) is 3.15. The Kier molecular flexibility index (Phi) is 4.02. The van der Waals surface area contributed by atoms with E-state index in [4.69, 9.17) is 20.6 Å². The molecule has 0 radical (unpaired) electrons. The van der Waals surface area contributed by atoms with Gasteiger partial charge in [-0.05, 0) is 29.3 Å². The van der Waals surface area contributed by atoms with Crippen molar-refractivity contribution in [2.75, 3.05) is 6.79 Å². The Labute approximate surface area is 146 Å². The molecule has 3 nitrogen and oxygen atoms in total. The molecule has 0 N–H and O–H groups in total. The van der Waals surface area contributed by atoms with Crippen molar-refractivity contribution < 1.29 is 14.2 Å². The van der Waals surface area contributed by atoms with E-state index in [1.807, 2.05) is 66.7 Å². The van der Waals surface area contributed by atoms with Crippen LogP contribution in [0.5, 0.6) is 17.2 Å². The Morgan fingerprint density at radius 2 is 1.72 bits per heavy atom. The lowest BCUT2D eigenvalue weighted by molar-refractivity contribution is 0.174. The molecule has 0 bridgehead atoms. The summed E-state index contributed by atoms with van der Waals surface area (Å²) in [5.74, 6) is 4.92. The third-order valence-electron chi connectivity index (χ3n) is 4.06. The molecule has 0 saturated carbocycles. The molecule has 3 aromatic rings. The smallest absolute Gasteiger partial charge is 0.231 e. The SMILES string of the molecule is C#Cc1cc2c(cc1-c1cccc(OCc3ccccc3)c1)OCO2. The van der Waals surface area contributed by atoms with Gasteiger partial charge < -0.3 is 14.2 Å². The lowest BCUT2D eigenvalue weighted by atomic mass is 9.99. The van der Waals surface area contributed by atoms with Crippen LogP contribution in [0, 0.1) is 12.3 Å². The fourth-order valence-electron chi connectivity index (χ4n) is 2.79. The van der Waals surface area contributed by atoms with Crippen molar-refractivity contribution in [3.8, 4) is 40.7 Å². The van der Waals surface area contributed by atoms with Gasteiger partial charge in [0.05, 0.1) is 0 Å². The minimum Gasteiger partial charge on any atom is -0.489 e. The van der Waals surface area contributed by atoms with E-state index in [9.17, 15) is 0 Å². The topological polar surface area (TPSA) is 27.7 Å². The van der Waals surface area contributed by atoms with Crippen LogP contribution in [0.3, 0.4) is 0 Å². The van der Waals surface area contributed by atoms with Gasteiger partial charge in [-0.15, -0.1) is 6.42 Å². The molecule has 3 heteroatoms. The minimum absolute atomic E-state index is 0.225. The van der Waals surface area contributed by atoms with E-state index in [0.717, 1.165) is 28.0 Å². The number of benzene rings is 3. The molecule has 3 aromatic carbocycles. The lowest BCUT2D eigenvalue weighted by Crippen LogP contribution is -1.95. The van der Waals surface area contributed by atoms with Crippen molar-refractivity contribution in [3.05, 3.63) is 77.9 Å². The van der Waals surface area contributed by atoms with Crippen molar-refractivity contribution in [1.82, 2.24) is 0 Å². The van der Waals surface area contributed by atoms with Crippen LogP contribution in [0.2, 0.25) is 0 Å². The molecule has 122 valence electrons. The third-order valence-corrected chi connectivity index (χ3v) is 4.06. The zero-order valence-electron chi connectivity index (χ0n) is 13.6. The van der Waals surface area contributed by atoms with Crippen LogP contribution in [0.15, 0.2) is 66.7 Å². The highest BCUT2D eigenvalue weighted by Gasteiger charge is 2.17. The summed E-state index contributed by atoms with van der Waals surface area (Å²) in [5.41, 5.74) is 3.80. The fourth-order valence-corrected chi connectivity index (χ4v) is 2.79.